The average molecular weight is 437 g/mol. The number of Topliss-reactive ketones (excluding diaryl/α,β-unsaturated/α-hetero) is 1. The molecule has 0 saturated carbocycles. The molecular formula is C25H28N2O5. The topological polar surface area (TPSA) is 79.3 Å². The van der Waals surface area contributed by atoms with Gasteiger partial charge >= 0.3 is 0 Å². The molecule has 0 spiro atoms. The molecule has 0 aromatic heterocycles. The maximum Gasteiger partial charge on any atom is 0.295 e. The lowest BCUT2D eigenvalue weighted by molar-refractivity contribution is -0.140. The van der Waals surface area contributed by atoms with Crippen LogP contribution in [0.4, 0.5) is 0 Å². The highest BCUT2D eigenvalue weighted by Crippen LogP contribution is 2.39. The average Bonchev–Trinajstić information content (AvgIpc) is 3.06. The number of nitrogens with zero attached hydrogens (tertiary/aromatic N) is 2. The fourth-order valence-corrected chi connectivity index (χ4v) is 3.57. The van der Waals surface area contributed by atoms with E-state index >= 15 is 0 Å². The Bertz CT molecular complexity index is 1010. The molecule has 0 bridgehead atoms. The van der Waals surface area contributed by atoms with E-state index in [1.165, 1.54) is 4.90 Å². The predicted octanol–water partition coefficient (Wildman–Crippen LogP) is 3.24. The van der Waals surface area contributed by atoms with Crippen LogP contribution in [0.25, 0.3) is 5.76 Å². The van der Waals surface area contributed by atoms with E-state index in [0.29, 0.717) is 36.8 Å². The van der Waals surface area contributed by atoms with E-state index in [1.807, 2.05) is 19.0 Å². The number of ether oxygens (including phenoxy) is 2. The molecule has 7 nitrogen and oxygen atoms in total. The maximum atomic E-state index is 13.0. The van der Waals surface area contributed by atoms with Crippen molar-refractivity contribution in [2.24, 2.45) is 0 Å². The van der Waals surface area contributed by atoms with Crippen LogP contribution in [-0.4, -0.2) is 67.5 Å². The van der Waals surface area contributed by atoms with Crippen LogP contribution in [0.2, 0.25) is 0 Å². The number of hydrogen-bond acceptors (Lipinski definition) is 6. The van der Waals surface area contributed by atoms with Gasteiger partial charge in [0.2, 0.25) is 0 Å². The number of ketones is 1. The van der Waals surface area contributed by atoms with Gasteiger partial charge in [0.05, 0.1) is 18.7 Å². The van der Waals surface area contributed by atoms with Gasteiger partial charge in [0.15, 0.2) is 0 Å². The van der Waals surface area contributed by atoms with Gasteiger partial charge in [-0.15, -0.1) is 0 Å². The number of likely N-dealkylation sites (tertiary alicyclic amines) is 1. The minimum atomic E-state index is -0.700. The van der Waals surface area contributed by atoms with Crippen molar-refractivity contribution < 1.29 is 24.2 Å². The number of hydrogen-bond donors (Lipinski definition) is 1. The quantitative estimate of drug-likeness (QED) is 0.281. The summed E-state index contributed by atoms with van der Waals surface area (Å²) in [5.74, 6) is -0.269. The van der Waals surface area contributed by atoms with Crippen molar-refractivity contribution in [1.29, 1.82) is 0 Å². The van der Waals surface area contributed by atoms with Crippen molar-refractivity contribution in [2.45, 2.75) is 6.04 Å². The fourth-order valence-electron chi connectivity index (χ4n) is 3.57. The lowest BCUT2D eigenvalue weighted by Gasteiger charge is -2.26. The molecule has 32 heavy (non-hydrogen) atoms. The number of likely N-dealkylation sites (N-methyl/N-ethyl adjacent to an activating group) is 1. The number of carbonyl (C=O) groups excluding carboxylic acids is 2. The van der Waals surface area contributed by atoms with E-state index in [-0.39, 0.29) is 11.3 Å². The van der Waals surface area contributed by atoms with Gasteiger partial charge in [-0.25, -0.2) is 0 Å². The van der Waals surface area contributed by atoms with Crippen molar-refractivity contribution in [1.82, 2.24) is 9.80 Å². The summed E-state index contributed by atoms with van der Waals surface area (Å²) in [6.07, 6.45) is 1.64. The summed E-state index contributed by atoms with van der Waals surface area (Å²) in [5.41, 5.74) is 1.22. The van der Waals surface area contributed by atoms with Gasteiger partial charge in [0.25, 0.3) is 11.7 Å². The van der Waals surface area contributed by atoms with Crippen LogP contribution in [0, 0.1) is 0 Å². The summed E-state index contributed by atoms with van der Waals surface area (Å²) >= 11 is 0. The Balaban J connectivity index is 2.05. The second-order valence-corrected chi connectivity index (χ2v) is 7.69. The molecule has 7 heteroatoms. The molecule has 2 aromatic rings. The van der Waals surface area contributed by atoms with Crippen LogP contribution in [-0.2, 0) is 9.59 Å². The van der Waals surface area contributed by atoms with E-state index in [2.05, 4.69) is 6.58 Å². The summed E-state index contributed by atoms with van der Waals surface area (Å²) in [5, 5.41) is 11.1. The third-order valence-corrected chi connectivity index (χ3v) is 5.26. The molecule has 1 atom stereocenters. The van der Waals surface area contributed by atoms with E-state index in [0.717, 1.165) is 5.56 Å². The normalized spacial score (nSPS) is 17.6. The molecule has 1 amide bonds. The number of aliphatic hydroxyl groups is 1. The number of carbonyl (C=O) groups is 2. The van der Waals surface area contributed by atoms with Gasteiger partial charge in [0, 0.05) is 18.7 Å². The first-order chi connectivity index (χ1) is 15.4. The summed E-state index contributed by atoms with van der Waals surface area (Å²) in [7, 11) is 5.37. The third-order valence-electron chi connectivity index (χ3n) is 5.26. The van der Waals surface area contributed by atoms with Crippen LogP contribution < -0.4 is 9.47 Å². The Morgan fingerprint density at radius 3 is 2.28 bits per heavy atom. The first-order valence-electron chi connectivity index (χ1n) is 10.3. The Hall–Kier alpha value is -3.58. The summed E-state index contributed by atoms with van der Waals surface area (Å²) in [4.78, 5) is 29.4. The highest BCUT2D eigenvalue weighted by Gasteiger charge is 2.45. The Morgan fingerprint density at radius 2 is 1.72 bits per heavy atom. The van der Waals surface area contributed by atoms with Crippen LogP contribution in [0.1, 0.15) is 17.2 Å². The fraction of sp³-hybridized carbons (Fsp3) is 0.280. The number of benzene rings is 2. The van der Waals surface area contributed by atoms with Gasteiger partial charge < -0.3 is 24.4 Å². The van der Waals surface area contributed by atoms with Crippen LogP contribution in [0.5, 0.6) is 11.5 Å². The molecule has 2 aromatic carbocycles. The van der Waals surface area contributed by atoms with Gasteiger partial charge in [-0.3, -0.25) is 9.59 Å². The number of rotatable bonds is 9. The first-order valence-corrected chi connectivity index (χ1v) is 10.3. The molecule has 1 N–H and O–H groups in total. The summed E-state index contributed by atoms with van der Waals surface area (Å²) < 4.78 is 10.7. The second kappa shape index (κ2) is 10.2. The molecule has 1 aliphatic rings. The van der Waals surface area contributed by atoms with Gasteiger partial charge in [-0.2, -0.15) is 0 Å². The molecule has 1 fully saturated rings. The number of methoxy groups -OCH3 is 1. The van der Waals surface area contributed by atoms with Crippen LogP contribution in [0.3, 0.4) is 0 Å². The Morgan fingerprint density at radius 1 is 1.09 bits per heavy atom. The minimum absolute atomic E-state index is 0.0682. The molecule has 1 saturated heterocycles. The molecule has 0 aliphatic carbocycles. The molecule has 3 rings (SSSR count). The molecule has 1 heterocycles. The standard InChI is InChI=1S/C25H28N2O5/c1-5-16-32-20-12-8-18(9-13-20)23(28)21-22(17-6-10-19(31-4)11-7-17)27(15-14-26(2)3)25(30)24(21)29/h5-13,22,28H,1,14-16H2,2-4H3. The molecule has 1 unspecified atom stereocenters. The summed E-state index contributed by atoms with van der Waals surface area (Å²) in [6, 6.07) is 13.2. The predicted molar refractivity (Wildman–Crippen MR) is 123 cm³/mol. The lowest BCUT2D eigenvalue weighted by atomic mass is 9.95. The lowest BCUT2D eigenvalue weighted by Crippen LogP contribution is -2.35. The largest absolute Gasteiger partial charge is 0.507 e. The van der Waals surface area contributed by atoms with Gasteiger partial charge in [-0.1, -0.05) is 24.8 Å². The first kappa shape index (κ1) is 23.1. The highest BCUT2D eigenvalue weighted by atomic mass is 16.5. The SMILES string of the molecule is C=CCOc1ccc(C(O)=C2C(=O)C(=O)N(CCN(C)C)C2c2ccc(OC)cc2)cc1. The van der Waals surface area contributed by atoms with E-state index in [4.69, 9.17) is 9.47 Å². The van der Waals surface area contributed by atoms with Gasteiger partial charge in [0.1, 0.15) is 23.9 Å². The van der Waals surface area contributed by atoms with Crippen molar-refractivity contribution in [2.75, 3.05) is 40.9 Å². The zero-order valence-corrected chi connectivity index (χ0v) is 18.6. The van der Waals surface area contributed by atoms with E-state index in [9.17, 15) is 14.7 Å². The van der Waals surface area contributed by atoms with Crippen molar-refractivity contribution in [3.8, 4) is 11.5 Å². The second-order valence-electron chi connectivity index (χ2n) is 7.69. The van der Waals surface area contributed by atoms with Crippen LogP contribution in [0.15, 0.2) is 66.8 Å². The Kier molecular flexibility index (Phi) is 7.33. The smallest absolute Gasteiger partial charge is 0.295 e. The molecular weight excluding hydrogens is 408 g/mol. The molecule has 1 aliphatic heterocycles. The number of amides is 1. The number of aliphatic hydroxyl groups excluding tert-OH is 1. The monoisotopic (exact) mass is 436 g/mol. The van der Waals surface area contributed by atoms with Crippen molar-refractivity contribution in [3.05, 3.63) is 77.9 Å². The zero-order valence-electron chi connectivity index (χ0n) is 18.6. The van der Waals surface area contributed by atoms with Gasteiger partial charge in [-0.05, 0) is 56.1 Å². The third kappa shape index (κ3) is 4.84. The van der Waals surface area contributed by atoms with E-state index < -0.39 is 17.7 Å². The molecule has 0 radical (unpaired) electrons. The van der Waals surface area contributed by atoms with Crippen molar-refractivity contribution in [3.63, 3.8) is 0 Å². The maximum absolute atomic E-state index is 13.0. The Labute approximate surface area is 188 Å². The molecule has 168 valence electrons. The zero-order chi connectivity index (χ0) is 23.3. The van der Waals surface area contributed by atoms with Crippen molar-refractivity contribution >= 4 is 17.4 Å². The summed E-state index contributed by atoms with van der Waals surface area (Å²) in [6.45, 7) is 4.90. The van der Waals surface area contributed by atoms with E-state index in [1.54, 1.807) is 61.7 Å². The minimum Gasteiger partial charge on any atom is -0.507 e. The highest BCUT2D eigenvalue weighted by molar-refractivity contribution is 6.46. The van der Waals surface area contributed by atoms with Crippen LogP contribution >= 0.6 is 0 Å².